The summed E-state index contributed by atoms with van der Waals surface area (Å²) in [7, 11) is 0. The smallest absolute Gasteiger partial charge is 0.129 e. The van der Waals surface area contributed by atoms with E-state index >= 15 is 0 Å². The lowest BCUT2D eigenvalue weighted by atomic mass is 9.98. The molecule has 0 nitrogen and oxygen atoms in total. The molecule has 0 aliphatic rings. The second-order valence-corrected chi connectivity index (χ2v) is 5.10. The van der Waals surface area contributed by atoms with Gasteiger partial charge in [0.15, 0.2) is 0 Å². The Hall–Kier alpha value is -0.370. The molecule has 0 aliphatic heterocycles. The van der Waals surface area contributed by atoms with Crippen molar-refractivity contribution >= 4 is 15.9 Å². The highest BCUT2D eigenvalue weighted by molar-refractivity contribution is 9.09. The Morgan fingerprint density at radius 2 is 1.57 bits per heavy atom. The van der Waals surface area contributed by atoms with E-state index in [1.54, 1.807) is 0 Å². The van der Waals surface area contributed by atoms with Crippen LogP contribution in [-0.4, -0.2) is 0 Å². The molecule has 78 valence electrons. The van der Waals surface area contributed by atoms with Crippen LogP contribution in [0.1, 0.15) is 35.4 Å². The summed E-state index contributed by atoms with van der Waals surface area (Å²) in [4.78, 5) is 0.306. The van der Waals surface area contributed by atoms with Gasteiger partial charge in [0.1, 0.15) is 5.82 Å². The van der Waals surface area contributed by atoms with Gasteiger partial charge in [-0.15, -0.1) is 0 Å². The Morgan fingerprint density at radius 1 is 1.14 bits per heavy atom. The Morgan fingerprint density at radius 3 is 1.93 bits per heavy atom. The number of benzene rings is 1. The van der Waals surface area contributed by atoms with E-state index in [1.165, 1.54) is 0 Å². The molecule has 14 heavy (non-hydrogen) atoms. The lowest BCUT2D eigenvalue weighted by Gasteiger charge is -2.16. The summed E-state index contributed by atoms with van der Waals surface area (Å²) in [5.74, 6) is 0.427. The van der Waals surface area contributed by atoms with Gasteiger partial charge in [0.05, 0.1) is 0 Å². The van der Waals surface area contributed by atoms with Crippen LogP contribution in [0.3, 0.4) is 0 Å². The molecule has 0 aromatic heterocycles. The fourth-order valence-electron chi connectivity index (χ4n) is 1.52. The van der Waals surface area contributed by atoms with Crippen LogP contribution in [0.15, 0.2) is 12.1 Å². The van der Waals surface area contributed by atoms with Crippen molar-refractivity contribution in [2.24, 2.45) is 5.92 Å². The Bertz CT molecular complexity index is 308. The first-order chi connectivity index (χ1) is 6.43. The molecule has 0 heterocycles. The van der Waals surface area contributed by atoms with Crippen LogP contribution in [-0.2, 0) is 0 Å². The van der Waals surface area contributed by atoms with Gasteiger partial charge in [-0.25, -0.2) is 4.39 Å². The third-order valence-electron chi connectivity index (χ3n) is 2.36. The maximum atomic E-state index is 13.4. The van der Waals surface area contributed by atoms with Crippen molar-refractivity contribution < 1.29 is 4.39 Å². The van der Waals surface area contributed by atoms with Gasteiger partial charge in [0, 0.05) is 4.83 Å². The van der Waals surface area contributed by atoms with Crippen molar-refractivity contribution in [1.82, 2.24) is 0 Å². The van der Waals surface area contributed by atoms with Crippen molar-refractivity contribution in [3.05, 3.63) is 34.6 Å². The van der Waals surface area contributed by atoms with Gasteiger partial charge in [-0.1, -0.05) is 41.9 Å². The highest BCUT2D eigenvalue weighted by Crippen LogP contribution is 2.32. The predicted octanol–water partition coefficient (Wildman–Crippen LogP) is 4.53. The molecule has 0 bridgehead atoms. The van der Waals surface area contributed by atoms with Crippen LogP contribution in [0.2, 0.25) is 0 Å². The van der Waals surface area contributed by atoms with Crippen LogP contribution in [0.25, 0.3) is 0 Å². The van der Waals surface area contributed by atoms with E-state index in [0.717, 1.165) is 16.7 Å². The fraction of sp³-hybridized carbons (Fsp3) is 0.500. The lowest BCUT2D eigenvalue weighted by molar-refractivity contribution is 0.602. The molecule has 0 amide bonds. The largest absolute Gasteiger partial charge is 0.206 e. The first-order valence-corrected chi connectivity index (χ1v) is 5.75. The van der Waals surface area contributed by atoms with Crippen molar-refractivity contribution in [3.63, 3.8) is 0 Å². The zero-order valence-electron chi connectivity index (χ0n) is 9.07. The average Bonchev–Trinajstić information content (AvgIpc) is 2.12. The molecule has 2 heteroatoms. The van der Waals surface area contributed by atoms with Crippen molar-refractivity contribution in [3.8, 4) is 0 Å². The molecule has 1 aromatic carbocycles. The van der Waals surface area contributed by atoms with Gasteiger partial charge in [-0.05, 0) is 36.5 Å². The molecule has 0 spiro atoms. The van der Waals surface area contributed by atoms with E-state index in [2.05, 4.69) is 29.8 Å². The highest BCUT2D eigenvalue weighted by Gasteiger charge is 2.14. The second-order valence-electron chi connectivity index (χ2n) is 4.11. The summed E-state index contributed by atoms with van der Waals surface area (Å²) < 4.78 is 13.4. The topological polar surface area (TPSA) is 0 Å². The normalized spacial score (nSPS) is 13.4. The standard InChI is InChI=1S/C12H16BrF/c1-7(2)11(13)10-5-8(3)12(14)9(4)6-10/h5-7,11H,1-4H3. The van der Waals surface area contributed by atoms with Crippen molar-refractivity contribution in [1.29, 1.82) is 0 Å². The number of alkyl halides is 1. The highest BCUT2D eigenvalue weighted by atomic mass is 79.9. The van der Waals surface area contributed by atoms with Crippen LogP contribution in [0.4, 0.5) is 4.39 Å². The summed E-state index contributed by atoms with van der Waals surface area (Å²) in [6, 6.07) is 3.84. The molecule has 0 fully saturated rings. The van der Waals surface area contributed by atoms with Gasteiger partial charge >= 0.3 is 0 Å². The SMILES string of the molecule is Cc1cc(C(Br)C(C)C)cc(C)c1F. The van der Waals surface area contributed by atoms with E-state index in [0.29, 0.717) is 10.7 Å². The fourth-order valence-corrected chi connectivity index (χ4v) is 1.79. The minimum Gasteiger partial charge on any atom is -0.206 e. The molecular formula is C12H16BrF. The van der Waals surface area contributed by atoms with E-state index in [-0.39, 0.29) is 5.82 Å². The van der Waals surface area contributed by atoms with Crippen LogP contribution in [0.5, 0.6) is 0 Å². The molecule has 1 atom stereocenters. The number of rotatable bonds is 2. The van der Waals surface area contributed by atoms with Crippen molar-refractivity contribution in [2.75, 3.05) is 0 Å². The third-order valence-corrected chi connectivity index (χ3v) is 3.95. The van der Waals surface area contributed by atoms with E-state index in [9.17, 15) is 4.39 Å². The molecule has 0 saturated carbocycles. The van der Waals surface area contributed by atoms with Crippen molar-refractivity contribution in [2.45, 2.75) is 32.5 Å². The summed E-state index contributed by atoms with van der Waals surface area (Å²) in [5, 5.41) is 0. The van der Waals surface area contributed by atoms with E-state index in [1.807, 2.05) is 26.0 Å². The van der Waals surface area contributed by atoms with E-state index < -0.39 is 0 Å². The van der Waals surface area contributed by atoms with Crippen LogP contribution in [0, 0.1) is 25.6 Å². The van der Waals surface area contributed by atoms with Gasteiger partial charge < -0.3 is 0 Å². The first-order valence-electron chi connectivity index (χ1n) is 4.84. The van der Waals surface area contributed by atoms with Gasteiger partial charge in [-0.2, -0.15) is 0 Å². The minimum atomic E-state index is -0.0859. The quantitative estimate of drug-likeness (QED) is 0.684. The summed E-state index contributed by atoms with van der Waals surface area (Å²) in [6.07, 6.45) is 0. The Kier molecular flexibility index (Phi) is 3.71. The molecule has 1 aromatic rings. The van der Waals surface area contributed by atoms with Gasteiger partial charge in [-0.3, -0.25) is 0 Å². The number of hydrogen-bond acceptors (Lipinski definition) is 0. The minimum absolute atomic E-state index is 0.0859. The molecule has 0 N–H and O–H groups in total. The van der Waals surface area contributed by atoms with Gasteiger partial charge in [0.2, 0.25) is 0 Å². The Balaban J connectivity index is 3.12. The monoisotopic (exact) mass is 258 g/mol. The molecule has 1 unspecified atom stereocenters. The lowest BCUT2D eigenvalue weighted by Crippen LogP contribution is -2.01. The summed E-state index contributed by atoms with van der Waals surface area (Å²) in [5.41, 5.74) is 2.62. The second kappa shape index (κ2) is 4.43. The zero-order chi connectivity index (χ0) is 10.9. The number of aryl methyl sites for hydroxylation is 2. The first kappa shape index (κ1) is 11.7. The summed E-state index contributed by atoms with van der Waals surface area (Å²) in [6.45, 7) is 7.92. The van der Waals surface area contributed by atoms with Crippen LogP contribution < -0.4 is 0 Å². The van der Waals surface area contributed by atoms with Crippen LogP contribution >= 0.6 is 15.9 Å². The maximum absolute atomic E-state index is 13.4. The third kappa shape index (κ3) is 2.35. The van der Waals surface area contributed by atoms with Gasteiger partial charge in [0.25, 0.3) is 0 Å². The zero-order valence-corrected chi connectivity index (χ0v) is 10.7. The summed E-state index contributed by atoms with van der Waals surface area (Å²) >= 11 is 3.62. The van der Waals surface area contributed by atoms with E-state index in [4.69, 9.17) is 0 Å². The molecule has 1 rings (SSSR count). The average molecular weight is 259 g/mol. The number of hydrogen-bond donors (Lipinski definition) is 0. The molecule has 0 aliphatic carbocycles. The molecular weight excluding hydrogens is 243 g/mol. The Labute approximate surface area is 93.7 Å². The predicted molar refractivity (Wildman–Crippen MR) is 62.4 cm³/mol. The number of halogens is 2. The molecule has 0 radical (unpaired) electrons. The maximum Gasteiger partial charge on any atom is 0.129 e. The molecule has 0 saturated heterocycles.